The van der Waals surface area contributed by atoms with Crippen molar-refractivity contribution in [1.82, 2.24) is 10.9 Å². The Balaban J connectivity index is 1.48. The number of aromatic hydroxyl groups is 1. The molecule has 28 heavy (non-hydrogen) atoms. The maximum atomic E-state index is 11.8. The highest BCUT2D eigenvalue weighted by Gasteiger charge is 2.18. The number of nitrogens with zero attached hydrogens (tertiary/aromatic N) is 2. The summed E-state index contributed by atoms with van der Waals surface area (Å²) in [5.41, 5.74) is 7.46. The Hall–Kier alpha value is -3.94. The van der Waals surface area contributed by atoms with E-state index in [1.54, 1.807) is 49.4 Å². The molecule has 8 nitrogen and oxygen atoms in total. The highest BCUT2D eigenvalue weighted by molar-refractivity contribution is 6.26. The third-order valence-corrected chi connectivity index (χ3v) is 3.82. The van der Waals surface area contributed by atoms with Crippen molar-refractivity contribution in [2.45, 2.75) is 6.92 Å². The summed E-state index contributed by atoms with van der Waals surface area (Å²) in [7, 11) is 0. The SMILES string of the molecule is CC1=NNC(=O)/C1=C/c1ccc(OCC(=O)N/N=C/c2ccc(O)cc2)cc1. The quantitative estimate of drug-likeness (QED) is 0.404. The minimum atomic E-state index is -0.407. The van der Waals surface area contributed by atoms with Crippen LogP contribution >= 0.6 is 0 Å². The lowest BCUT2D eigenvalue weighted by molar-refractivity contribution is -0.123. The van der Waals surface area contributed by atoms with Crippen molar-refractivity contribution in [3.8, 4) is 11.5 Å². The molecular weight excluding hydrogens is 360 g/mol. The molecule has 0 bridgehead atoms. The van der Waals surface area contributed by atoms with Gasteiger partial charge in [0.05, 0.1) is 17.5 Å². The van der Waals surface area contributed by atoms with Crippen molar-refractivity contribution >= 4 is 29.8 Å². The fourth-order valence-electron chi connectivity index (χ4n) is 2.34. The van der Waals surface area contributed by atoms with Crippen LogP contribution in [0.5, 0.6) is 11.5 Å². The average Bonchev–Trinajstić information content (AvgIpc) is 3.01. The van der Waals surface area contributed by atoms with E-state index in [0.717, 1.165) is 11.1 Å². The van der Waals surface area contributed by atoms with Crippen LogP contribution in [0.4, 0.5) is 0 Å². The predicted octanol–water partition coefficient (Wildman–Crippen LogP) is 1.81. The lowest BCUT2D eigenvalue weighted by Gasteiger charge is -2.05. The molecule has 0 aromatic heterocycles. The maximum Gasteiger partial charge on any atom is 0.277 e. The summed E-state index contributed by atoms with van der Waals surface area (Å²) in [5.74, 6) is 0.0330. The lowest BCUT2D eigenvalue weighted by atomic mass is 10.1. The molecule has 3 rings (SSSR count). The fourth-order valence-corrected chi connectivity index (χ4v) is 2.34. The molecule has 0 unspecified atom stereocenters. The van der Waals surface area contributed by atoms with Crippen LogP contribution in [0.25, 0.3) is 6.08 Å². The summed E-state index contributed by atoms with van der Waals surface area (Å²) in [5, 5.41) is 16.9. The zero-order chi connectivity index (χ0) is 19.9. The van der Waals surface area contributed by atoms with Crippen LogP contribution in [0, 0.1) is 0 Å². The summed E-state index contributed by atoms with van der Waals surface area (Å²) in [6, 6.07) is 13.4. The van der Waals surface area contributed by atoms with Crippen LogP contribution in [-0.4, -0.2) is 35.5 Å². The Morgan fingerprint density at radius 1 is 1.18 bits per heavy atom. The molecule has 0 atom stereocenters. The number of nitrogens with one attached hydrogen (secondary N) is 2. The minimum absolute atomic E-state index is 0.159. The van der Waals surface area contributed by atoms with Crippen LogP contribution in [0.2, 0.25) is 0 Å². The Morgan fingerprint density at radius 3 is 2.50 bits per heavy atom. The normalized spacial score (nSPS) is 14.8. The second kappa shape index (κ2) is 8.63. The highest BCUT2D eigenvalue weighted by Crippen LogP contribution is 2.16. The predicted molar refractivity (Wildman–Crippen MR) is 105 cm³/mol. The summed E-state index contributed by atoms with van der Waals surface area (Å²) >= 11 is 0. The van der Waals surface area contributed by atoms with Crippen molar-refractivity contribution in [2.75, 3.05) is 6.61 Å². The van der Waals surface area contributed by atoms with Crippen LogP contribution in [0.3, 0.4) is 0 Å². The number of phenolic OH excluding ortho intramolecular Hbond substituents is 1. The number of rotatable bonds is 6. The maximum absolute atomic E-state index is 11.8. The van der Waals surface area contributed by atoms with Gasteiger partial charge in [-0.1, -0.05) is 12.1 Å². The van der Waals surface area contributed by atoms with E-state index in [4.69, 9.17) is 4.74 Å². The smallest absolute Gasteiger partial charge is 0.277 e. The van der Waals surface area contributed by atoms with Gasteiger partial charge in [0.2, 0.25) is 0 Å². The van der Waals surface area contributed by atoms with Gasteiger partial charge < -0.3 is 9.84 Å². The first-order chi connectivity index (χ1) is 13.5. The summed E-state index contributed by atoms with van der Waals surface area (Å²) < 4.78 is 5.41. The van der Waals surface area contributed by atoms with Crippen molar-refractivity contribution < 1.29 is 19.4 Å². The van der Waals surface area contributed by atoms with Gasteiger partial charge in [0.25, 0.3) is 11.8 Å². The largest absolute Gasteiger partial charge is 0.508 e. The number of amides is 2. The van der Waals surface area contributed by atoms with Crippen molar-refractivity contribution in [3.05, 3.63) is 65.2 Å². The first-order valence-corrected chi connectivity index (χ1v) is 8.42. The Bertz CT molecular complexity index is 961. The van der Waals surface area contributed by atoms with E-state index >= 15 is 0 Å². The Kier molecular flexibility index (Phi) is 5.81. The lowest BCUT2D eigenvalue weighted by Crippen LogP contribution is -2.24. The van der Waals surface area contributed by atoms with Crippen LogP contribution in [-0.2, 0) is 9.59 Å². The number of ether oxygens (including phenoxy) is 1. The molecular formula is C20H18N4O4. The van der Waals surface area contributed by atoms with Crippen molar-refractivity contribution in [3.63, 3.8) is 0 Å². The average molecular weight is 378 g/mol. The van der Waals surface area contributed by atoms with Gasteiger partial charge in [0.15, 0.2) is 6.61 Å². The zero-order valence-corrected chi connectivity index (χ0v) is 15.0. The number of carbonyl (C=O) groups excluding carboxylic acids is 2. The van der Waals surface area contributed by atoms with Crippen molar-refractivity contribution in [2.24, 2.45) is 10.2 Å². The molecule has 2 aromatic rings. The molecule has 0 spiro atoms. The molecule has 1 aliphatic rings. The molecule has 0 aliphatic carbocycles. The van der Waals surface area contributed by atoms with E-state index in [0.29, 0.717) is 17.0 Å². The third kappa shape index (κ3) is 5.04. The second-order valence-electron chi connectivity index (χ2n) is 5.94. The fraction of sp³-hybridized carbons (Fsp3) is 0.100. The monoisotopic (exact) mass is 378 g/mol. The Morgan fingerprint density at radius 2 is 1.86 bits per heavy atom. The number of carbonyl (C=O) groups is 2. The van der Waals surface area contributed by atoms with Gasteiger partial charge in [-0.15, -0.1) is 0 Å². The standard InChI is InChI=1S/C20H18N4O4/c1-13-18(20(27)24-22-13)10-14-4-8-17(9-5-14)28-12-19(26)23-21-11-15-2-6-16(25)7-3-15/h2-11,25H,12H2,1H3,(H,23,26)(H,24,27)/b18-10+,21-11+. The first kappa shape index (κ1) is 18.8. The number of phenols is 1. The third-order valence-electron chi connectivity index (χ3n) is 3.82. The summed E-state index contributed by atoms with van der Waals surface area (Å²) in [6.07, 6.45) is 3.19. The molecule has 142 valence electrons. The molecule has 0 radical (unpaired) electrons. The van der Waals surface area contributed by atoms with Crippen molar-refractivity contribution in [1.29, 1.82) is 0 Å². The molecule has 1 aliphatic heterocycles. The van der Waals surface area contributed by atoms with Gasteiger partial charge in [-0.25, -0.2) is 10.9 Å². The van der Waals surface area contributed by atoms with Crippen LogP contribution in [0.15, 0.2) is 64.3 Å². The van der Waals surface area contributed by atoms with E-state index in [-0.39, 0.29) is 18.3 Å². The van der Waals surface area contributed by atoms with E-state index in [9.17, 15) is 14.7 Å². The molecule has 0 fully saturated rings. The van der Waals surface area contributed by atoms with E-state index in [1.807, 2.05) is 0 Å². The van der Waals surface area contributed by atoms with Gasteiger partial charge in [0, 0.05) is 0 Å². The van der Waals surface area contributed by atoms with Gasteiger partial charge in [-0.05, 0) is 60.5 Å². The first-order valence-electron chi connectivity index (χ1n) is 8.42. The molecule has 2 aromatic carbocycles. The van der Waals surface area contributed by atoms with Gasteiger partial charge in [-0.3, -0.25) is 9.59 Å². The second-order valence-corrected chi connectivity index (χ2v) is 5.94. The van der Waals surface area contributed by atoms with E-state index < -0.39 is 5.91 Å². The Labute approximate surface area is 161 Å². The number of benzene rings is 2. The van der Waals surface area contributed by atoms with Crippen LogP contribution in [0.1, 0.15) is 18.1 Å². The van der Waals surface area contributed by atoms with E-state index in [2.05, 4.69) is 21.1 Å². The molecule has 0 saturated carbocycles. The molecule has 3 N–H and O–H groups in total. The van der Waals surface area contributed by atoms with Gasteiger partial charge >= 0.3 is 0 Å². The van der Waals surface area contributed by atoms with Gasteiger partial charge in [-0.2, -0.15) is 10.2 Å². The molecule has 8 heteroatoms. The topological polar surface area (TPSA) is 112 Å². The minimum Gasteiger partial charge on any atom is -0.508 e. The summed E-state index contributed by atoms with van der Waals surface area (Å²) in [4.78, 5) is 23.4. The molecule has 1 heterocycles. The van der Waals surface area contributed by atoms with Crippen LogP contribution < -0.4 is 15.6 Å². The molecule has 2 amide bonds. The number of hydrazone groups is 2. The number of hydrogen-bond acceptors (Lipinski definition) is 6. The zero-order valence-electron chi connectivity index (χ0n) is 15.0. The van der Waals surface area contributed by atoms with E-state index in [1.165, 1.54) is 18.3 Å². The van der Waals surface area contributed by atoms with Gasteiger partial charge in [0.1, 0.15) is 11.5 Å². The highest BCUT2D eigenvalue weighted by atomic mass is 16.5. The molecule has 0 saturated heterocycles. The number of hydrogen-bond donors (Lipinski definition) is 3. The summed E-state index contributed by atoms with van der Waals surface area (Å²) in [6.45, 7) is 1.56.